The normalized spacial score (nSPS) is 18.4. The summed E-state index contributed by atoms with van der Waals surface area (Å²) in [5.41, 5.74) is 6.30. The summed E-state index contributed by atoms with van der Waals surface area (Å²) in [5, 5.41) is 9.15. The van der Waals surface area contributed by atoms with Crippen molar-refractivity contribution in [2.24, 2.45) is 5.92 Å². The molecule has 1 aliphatic heterocycles. The number of hydrogen-bond donors (Lipinski definition) is 1. The molecule has 2 unspecified atom stereocenters. The van der Waals surface area contributed by atoms with Crippen LogP contribution in [0.15, 0.2) is 42.5 Å². The lowest BCUT2D eigenvalue weighted by Crippen LogP contribution is -2.18. The molecule has 7 nitrogen and oxygen atoms in total. The summed E-state index contributed by atoms with van der Waals surface area (Å²) in [6.45, 7) is 6.45. The number of fused-ring (bicyclic) bond motifs is 2. The predicted octanol–water partition coefficient (Wildman–Crippen LogP) is 6.19. The van der Waals surface area contributed by atoms with Crippen molar-refractivity contribution >= 4 is 15.8 Å². The standard InChI is InChI=1S/C32H35FO7S/c1-18(17-41(4,36)37)15-38-23-11-19(2)31(20(3)12-23)25-7-9-27(33)32-26(25)8-10-28(32)40-22-5-6-24-21(13-30(34)35)16-39-29(24)14-22/h5-7,9,11-12,14,18,21,28H,8,10,13,15-17H2,1-4H3,(H,34,35)/t18?,21?,28-/m1/s1. The molecule has 9 heteroatoms. The lowest BCUT2D eigenvalue weighted by atomic mass is 9.90. The second-order valence-electron chi connectivity index (χ2n) is 11.4. The number of aliphatic carboxylic acids is 1. The molecule has 0 saturated heterocycles. The van der Waals surface area contributed by atoms with E-state index in [2.05, 4.69) is 0 Å². The van der Waals surface area contributed by atoms with Gasteiger partial charge in [-0.15, -0.1) is 0 Å². The zero-order chi connectivity index (χ0) is 29.5. The van der Waals surface area contributed by atoms with Gasteiger partial charge in [0, 0.05) is 35.3 Å². The van der Waals surface area contributed by atoms with Crippen LogP contribution in [0, 0.1) is 25.6 Å². The molecule has 3 aromatic rings. The number of benzene rings is 3. The van der Waals surface area contributed by atoms with Crippen LogP contribution < -0.4 is 14.2 Å². The fourth-order valence-electron chi connectivity index (χ4n) is 6.14. The molecule has 1 aliphatic carbocycles. The van der Waals surface area contributed by atoms with Crippen LogP contribution in [0.5, 0.6) is 17.2 Å². The van der Waals surface area contributed by atoms with Crippen molar-refractivity contribution in [2.75, 3.05) is 25.2 Å². The molecule has 0 radical (unpaired) electrons. The Kier molecular flexibility index (Phi) is 8.01. The van der Waals surface area contributed by atoms with Crippen molar-refractivity contribution in [3.8, 4) is 28.4 Å². The Labute approximate surface area is 240 Å². The maximum atomic E-state index is 15.3. The molecule has 41 heavy (non-hydrogen) atoms. The molecule has 0 spiro atoms. The maximum Gasteiger partial charge on any atom is 0.304 e. The van der Waals surface area contributed by atoms with Gasteiger partial charge in [0.25, 0.3) is 0 Å². The van der Waals surface area contributed by atoms with E-state index in [9.17, 15) is 13.2 Å². The van der Waals surface area contributed by atoms with Gasteiger partial charge < -0.3 is 19.3 Å². The third-order valence-electron chi connectivity index (χ3n) is 7.74. The molecular formula is C32H35FO7S. The third-order valence-corrected chi connectivity index (χ3v) is 8.92. The van der Waals surface area contributed by atoms with Gasteiger partial charge in [-0.1, -0.05) is 19.1 Å². The number of carbonyl (C=O) groups is 1. The third kappa shape index (κ3) is 6.35. The number of ether oxygens (including phenoxy) is 3. The van der Waals surface area contributed by atoms with E-state index >= 15 is 4.39 Å². The summed E-state index contributed by atoms with van der Waals surface area (Å²) in [6, 6.07) is 12.6. The first-order valence-corrected chi connectivity index (χ1v) is 15.8. The van der Waals surface area contributed by atoms with Crippen molar-refractivity contribution in [3.63, 3.8) is 0 Å². The zero-order valence-electron chi connectivity index (χ0n) is 23.7. The van der Waals surface area contributed by atoms with Gasteiger partial charge >= 0.3 is 5.97 Å². The molecule has 2 aliphatic rings. The van der Waals surface area contributed by atoms with Crippen LogP contribution in [0.4, 0.5) is 4.39 Å². The lowest BCUT2D eigenvalue weighted by Gasteiger charge is -2.19. The van der Waals surface area contributed by atoms with E-state index in [0.29, 0.717) is 48.9 Å². The van der Waals surface area contributed by atoms with Crippen molar-refractivity contribution in [3.05, 3.63) is 76.1 Å². The second-order valence-corrected chi connectivity index (χ2v) is 13.6. The number of carboxylic acids is 1. The second kappa shape index (κ2) is 11.4. The Morgan fingerprint density at radius 3 is 2.54 bits per heavy atom. The van der Waals surface area contributed by atoms with Crippen LogP contribution in [-0.4, -0.2) is 44.7 Å². The molecule has 3 aromatic carbocycles. The number of halogens is 1. The Morgan fingerprint density at radius 1 is 1.12 bits per heavy atom. The van der Waals surface area contributed by atoms with E-state index in [-0.39, 0.29) is 29.8 Å². The highest BCUT2D eigenvalue weighted by Gasteiger charge is 2.32. The van der Waals surface area contributed by atoms with Crippen LogP contribution in [0.3, 0.4) is 0 Å². The van der Waals surface area contributed by atoms with Crippen molar-refractivity contribution in [1.82, 2.24) is 0 Å². The first kappa shape index (κ1) is 28.9. The number of aryl methyl sites for hydroxylation is 2. The summed E-state index contributed by atoms with van der Waals surface area (Å²) < 4.78 is 56.4. The van der Waals surface area contributed by atoms with E-state index in [4.69, 9.17) is 19.3 Å². The van der Waals surface area contributed by atoms with Gasteiger partial charge in [-0.05, 0) is 78.8 Å². The maximum absolute atomic E-state index is 15.3. The van der Waals surface area contributed by atoms with Crippen LogP contribution >= 0.6 is 0 Å². The molecule has 0 aromatic heterocycles. The minimum Gasteiger partial charge on any atom is -0.493 e. The smallest absolute Gasteiger partial charge is 0.304 e. The molecule has 0 bridgehead atoms. The average Bonchev–Trinajstić information content (AvgIpc) is 3.47. The Bertz CT molecular complexity index is 1570. The summed E-state index contributed by atoms with van der Waals surface area (Å²) in [4.78, 5) is 11.2. The SMILES string of the molecule is Cc1cc(OCC(C)CS(C)(=O)=O)cc(C)c1-c1ccc(F)c2c1CC[C@H]2Oc1ccc2c(c1)OCC2CC(=O)O. The molecule has 1 heterocycles. The van der Waals surface area contributed by atoms with Gasteiger partial charge in [-0.25, -0.2) is 12.8 Å². The average molecular weight is 583 g/mol. The van der Waals surface area contributed by atoms with E-state index in [1.165, 1.54) is 12.3 Å². The topological polar surface area (TPSA) is 99.1 Å². The van der Waals surface area contributed by atoms with Gasteiger partial charge in [-0.3, -0.25) is 4.79 Å². The van der Waals surface area contributed by atoms with E-state index in [0.717, 1.165) is 33.4 Å². The summed E-state index contributed by atoms with van der Waals surface area (Å²) >= 11 is 0. The van der Waals surface area contributed by atoms with Crippen LogP contribution in [-0.2, 0) is 21.1 Å². The number of rotatable bonds is 10. The number of hydrogen-bond acceptors (Lipinski definition) is 6. The van der Waals surface area contributed by atoms with Crippen LogP contribution in [0.1, 0.15) is 59.6 Å². The van der Waals surface area contributed by atoms with Crippen molar-refractivity contribution < 1.29 is 36.9 Å². The minimum atomic E-state index is -3.08. The van der Waals surface area contributed by atoms with E-state index < -0.39 is 21.9 Å². The van der Waals surface area contributed by atoms with Gasteiger partial charge in [0.2, 0.25) is 0 Å². The first-order valence-electron chi connectivity index (χ1n) is 13.8. The molecule has 0 amide bonds. The molecular weight excluding hydrogens is 547 g/mol. The van der Waals surface area contributed by atoms with E-state index in [1.807, 2.05) is 45.0 Å². The monoisotopic (exact) mass is 582 g/mol. The van der Waals surface area contributed by atoms with Crippen LogP contribution in [0.2, 0.25) is 0 Å². The number of sulfone groups is 1. The zero-order valence-corrected chi connectivity index (χ0v) is 24.5. The molecule has 218 valence electrons. The first-order chi connectivity index (χ1) is 19.4. The van der Waals surface area contributed by atoms with Gasteiger partial charge in [0.1, 0.15) is 39.0 Å². The minimum absolute atomic E-state index is 0.00539. The molecule has 1 N–H and O–H groups in total. The molecule has 0 saturated carbocycles. The highest BCUT2D eigenvalue weighted by molar-refractivity contribution is 7.90. The Morgan fingerprint density at radius 2 is 1.85 bits per heavy atom. The fraction of sp³-hybridized carbons (Fsp3) is 0.406. The van der Waals surface area contributed by atoms with Gasteiger partial charge in [0.05, 0.1) is 25.4 Å². The van der Waals surface area contributed by atoms with Gasteiger partial charge in [0.15, 0.2) is 0 Å². The summed E-state index contributed by atoms with van der Waals surface area (Å²) in [5.74, 6) is 0.412. The quantitative estimate of drug-likeness (QED) is 0.305. The summed E-state index contributed by atoms with van der Waals surface area (Å²) in [7, 11) is -3.08. The van der Waals surface area contributed by atoms with E-state index in [1.54, 1.807) is 12.1 Å². The highest BCUT2D eigenvalue weighted by atomic mass is 32.2. The highest BCUT2D eigenvalue weighted by Crippen LogP contribution is 2.45. The molecule has 3 atom stereocenters. The Balaban J connectivity index is 1.37. The van der Waals surface area contributed by atoms with Crippen LogP contribution in [0.25, 0.3) is 11.1 Å². The van der Waals surface area contributed by atoms with Crippen molar-refractivity contribution in [2.45, 2.75) is 52.1 Å². The van der Waals surface area contributed by atoms with Crippen molar-refractivity contribution in [1.29, 1.82) is 0 Å². The molecule has 0 fully saturated rings. The predicted molar refractivity (Wildman–Crippen MR) is 154 cm³/mol. The summed E-state index contributed by atoms with van der Waals surface area (Å²) in [6.07, 6.45) is 2.06. The number of carboxylic acid groups (broad SMARTS) is 1. The fourth-order valence-corrected chi connectivity index (χ4v) is 7.27. The lowest BCUT2D eigenvalue weighted by molar-refractivity contribution is -0.137. The van der Waals surface area contributed by atoms with Gasteiger partial charge in [-0.2, -0.15) is 0 Å². The Hall–Kier alpha value is -3.59. The largest absolute Gasteiger partial charge is 0.493 e. The molecule has 5 rings (SSSR count).